The highest BCUT2D eigenvalue weighted by Gasteiger charge is 2.24. The number of para-hydroxylation sites is 2. The fourth-order valence-electron chi connectivity index (χ4n) is 2.81. The van der Waals surface area contributed by atoms with Gasteiger partial charge in [-0.05, 0) is 36.1 Å². The van der Waals surface area contributed by atoms with Crippen molar-refractivity contribution in [2.75, 3.05) is 5.32 Å². The Hall–Kier alpha value is -2.74. The highest BCUT2D eigenvalue weighted by Crippen LogP contribution is 2.41. The van der Waals surface area contributed by atoms with Crippen LogP contribution >= 0.6 is 0 Å². The predicted molar refractivity (Wildman–Crippen MR) is 109 cm³/mol. The molecule has 0 saturated carbocycles. The molecule has 0 aliphatic heterocycles. The summed E-state index contributed by atoms with van der Waals surface area (Å²) >= 11 is 0. The standard InChI is InChI=1S/C23H25NO/c1-6-11-18-19-14-10-15-20(24-17-12-8-7-9-13-17)22(19)25-21(18)16(2)23(3,4)5/h6-15,24H,2H2,1,3-5H3/b11-6-. The van der Waals surface area contributed by atoms with Gasteiger partial charge in [0.1, 0.15) is 5.76 Å². The van der Waals surface area contributed by atoms with E-state index in [9.17, 15) is 0 Å². The Morgan fingerprint density at radius 3 is 2.40 bits per heavy atom. The summed E-state index contributed by atoms with van der Waals surface area (Å²) in [5.74, 6) is 0.864. The molecule has 3 aromatic rings. The number of hydrogen-bond acceptors (Lipinski definition) is 2. The van der Waals surface area contributed by atoms with Crippen LogP contribution < -0.4 is 5.32 Å². The largest absolute Gasteiger partial charge is 0.454 e. The molecule has 0 aliphatic carbocycles. The molecule has 0 radical (unpaired) electrons. The van der Waals surface area contributed by atoms with Crippen LogP contribution in [0.5, 0.6) is 0 Å². The first-order chi connectivity index (χ1) is 11.9. The van der Waals surface area contributed by atoms with E-state index in [0.29, 0.717) is 0 Å². The van der Waals surface area contributed by atoms with Crippen molar-refractivity contribution in [3.05, 3.63) is 72.5 Å². The normalized spacial score (nSPS) is 12.0. The second kappa shape index (κ2) is 6.64. The van der Waals surface area contributed by atoms with Gasteiger partial charge in [0.2, 0.25) is 0 Å². The highest BCUT2D eigenvalue weighted by atomic mass is 16.3. The minimum Gasteiger partial charge on any atom is -0.454 e. The fourth-order valence-corrected chi connectivity index (χ4v) is 2.81. The average molecular weight is 331 g/mol. The van der Waals surface area contributed by atoms with Crippen molar-refractivity contribution in [2.24, 2.45) is 5.41 Å². The first kappa shape index (κ1) is 17.1. The number of allylic oxidation sites excluding steroid dienone is 2. The Morgan fingerprint density at radius 1 is 1.04 bits per heavy atom. The topological polar surface area (TPSA) is 25.2 Å². The fraction of sp³-hybridized carbons (Fsp3) is 0.217. The molecule has 3 rings (SSSR count). The Morgan fingerprint density at radius 2 is 1.76 bits per heavy atom. The van der Waals surface area contributed by atoms with Gasteiger partial charge < -0.3 is 9.73 Å². The van der Waals surface area contributed by atoms with Crippen LogP contribution in [0, 0.1) is 5.41 Å². The smallest absolute Gasteiger partial charge is 0.158 e. The number of furan rings is 1. The molecule has 1 heterocycles. The third kappa shape index (κ3) is 3.39. The van der Waals surface area contributed by atoms with Gasteiger partial charge in [0, 0.05) is 16.6 Å². The summed E-state index contributed by atoms with van der Waals surface area (Å²) in [5.41, 5.74) is 4.89. The number of hydrogen-bond donors (Lipinski definition) is 1. The first-order valence-electron chi connectivity index (χ1n) is 8.62. The van der Waals surface area contributed by atoms with Gasteiger partial charge >= 0.3 is 0 Å². The van der Waals surface area contributed by atoms with Crippen LogP contribution in [0.2, 0.25) is 0 Å². The zero-order chi connectivity index (χ0) is 18.0. The van der Waals surface area contributed by atoms with Crippen LogP contribution in [-0.4, -0.2) is 0 Å². The van der Waals surface area contributed by atoms with Crippen molar-refractivity contribution in [2.45, 2.75) is 27.7 Å². The van der Waals surface area contributed by atoms with Crippen LogP contribution in [0.1, 0.15) is 39.0 Å². The lowest BCUT2D eigenvalue weighted by Crippen LogP contribution is -2.07. The number of anilines is 2. The maximum Gasteiger partial charge on any atom is 0.158 e. The third-order valence-corrected chi connectivity index (χ3v) is 4.32. The van der Waals surface area contributed by atoms with Gasteiger partial charge in [0.15, 0.2) is 5.58 Å². The van der Waals surface area contributed by atoms with Crippen molar-refractivity contribution in [1.29, 1.82) is 0 Å². The number of nitrogens with one attached hydrogen (secondary N) is 1. The third-order valence-electron chi connectivity index (χ3n) is 4.32. The van der Waals surface area contributed by atoms with Gasteiger partial charge in [-0.3, -0.25) is 0 Å². The van der Waals surface area contributed by atoms with Gasteiger partial charge in [0.25, 0.3) is 0 Å². The van der Waals surface area contributed by atoms with Gasteiger partial charge in [-0.15, -0.1) is 0 Å². The van der Waals surface area contributed by atoms with E-state index >= 15 is 0 Å². The Balaban J connectivity index is 2.17. The van der Waals surface area contributed by atoms with Crippen molar-refractivity contribution >= 4 is 34.0 Å². The maximum absolute atomic E-state index is 6.33. The molecule has 0 aliphatic rings. The van der Waals surface area contributed by atoms with Crippen LogP contribution in [0.15, 0.2) is 65.6 Å². The maximum atomic E-state index is 6.33. The lowest BCUT2D eigenvalue weighted by Gasteiger charge is -2.20. The molecule has 25 heavy (non-hydrogen) atoms. The van der Waals surface area contributed by atoms with E-state index in [1.807, 2.05) is 49.4 Å². The summed E-state index contributed by atoms with van der Waals surface area (Å²) in [6.45, 7) is 12.8. The van der Waals surface area contributed by atoms with Gasteiger partial charge in [0.05, 0.1) is 5.69 Å². The predicted octanol–water partition coefficient (Wildman–Crippen LogP) is 7.27. The summed E-state index contributed by atoms with van der Waals surface area (Å²) in [7, 11) is 0. The molecule has 2 nitrogen and oxygen atoms in total. The summed E-state index contributed by atoms with van der Waals surface area (Å²) in [6, 6.07) is 16.3. The second-order valence-electron chi connectivity index (χ2n) is 7.25. The molecule has 0 fully saturated rings. The Kier molecular flexibility index (Phi) is 4.54. The molecular formula is C23H25NO. The lowest BCUT2D eigenvalue weighted by atomic mass is 9.84. The SMILES string of the molecule is C=C(c1oc2c(Nc3ccccc3)cccc2c1/C=C\C)C(C)(C)C. The highest BCUT2D eigenvalue weighted by molar-refractivity contribution is 5.99. The molecule has 128 valence electrons. The molecular weight excluding hydrogens is 306 g/mol. The van der Waals surface area contributed by atoms with Crippen molar-refractivity contribution < 1.29 is 4.42 Å². The van der Waals surface area contributed by atoms with E-state index < -0.39 is 0 Å². The molecule has 1 aromatic heterocycles. The molecule has 2 heteroatoms. The van der Waals surface area contributed by atoms with Crippen LogP contribution in [0.4, 0.5) is 11.4 Å². The van der Waals surface area contributed by atoms with Gasteiger partial charge in [-0.2, -0.15) is 0 Å². The van der Waals surface area contributed by atoms with E-state index in [4.69, 9.17) is 4.42 Å². The zero-order valence-corrected chi connectivity index (χ0v) is 15.4. The monoisotopic (exact) mass is 331 g/mol. The molecule has 0 bridgehead atoms. The Labute approximate surface area is 149 Å². The van der Waals surface area contributed by atoms with Crippen molar-refractivity contribution in [3.8, 4) is 0 Å². The second-order valence-corrected chi connectivity index (χ2v) is 7.25. The average Bonchev–Trinajstić information content (AvgIpc) is 2.94. The summed E-state index contributed by atoms with van der Waals surface area (Å²) in [6.07, 6.45) is 4.14. The van der Waals surface area contributed by atoms with E-state index in [0.717, 1.165) is 39.2 Å². The van der Waals surface area contributed by atoms with Crippen LogP contribution in [-0.2, 0) is 0 Å². The van der Waals surface area contributed by atoms with Gasteiger partial charge in [-0.1, -0.05) is 69.8 Å². The minimum atomic E-state index is -0.0583. The van der Waals surface area contributed by atoms with Crippen molar-refractivity contribution in [1.82, 2.24) is 0 Å². The van der Waals surface area contributed by atoms with Gasteiger partial charge in [-0.25, -0.2) is 0 Å². The lowest BCUT2D eigenvalue weighted by molar-refractivity contribution is 0.525. The van der Waals surface area contributed by atoms with E-state index in [-0.39, 0.29) is 5.41 Å². The molecule has 2 aromatic carbocycles. The van der Waals surface area contributed by atoms with E-state index in [1.54, 1.807) is 0 Å². The molecule has 0 atom stereocenters. The van der Waals surface area contributed by atoms with E-state index in [1.165, 1.54) is 0 Å². The molecule has 1 N–H and O–H groups in total. The van der Waals surface area contributed by atoms with E-state index in [2.05, 4.69) is 50.9 Å². The summed E-state index contributed by atoms with van der Waals surface area (Å²) < 4.78 is 6.33. The Bertz CT molecular complexity index is 924. The minimum absolute atomic E-state index is 0.0583. The summed E-state index contributed by atoms with van der Waals surface area (Å²) in [5, 5.41) is 4.56. The molecule has 0 unspecified atom stereocenters. The zero-order valence-electron chi connectivity index (χ0n) is 15.4. The van der Waals surface area contributed by atoms with Crippen LogP contribution in [0.3, 0.4) is 0 Å². The number of fused-ring (bicyclic) bond motifs is 1. The number of benzene rings is 2. The molecule has 0 amide bonds. The molecule has 0 spiro atoms. The quantitative estimate of drug-likeness (QED) is 0.544. The molecule has 0 saturated heterocycles. The van der Waals surface area contributed by atoms with Crippen molar-refractivity contribution in [3.63, 3.8) is 0 Å². The first-order valence-corrected chi connectivity index (χ1v) is 8.62. The summed E-state index contributed by atoms with van der Waals surface area (Å²) in [4.78, 5) is 0. The van der Waals surface area contributed by atoms with Crippen LogP contribution in [0.25, 0.3) is 22.6 Å². The number of rotatable bonds is 4.